The molecule has 0 saturated heterocycles. The zero-order valence-electron chi connectivity index (χ0n) is 18.6. The Morgan fingerprint density at radius 1 is 1.31 bits per heavy atom. The van der Waals surface area contributed by atoms with E-state index in [-0.39, 0.29) is 18.9 Å². The van der Waals surface area contributed by atoms with E-state index in [4.69, 9.17) is 12.2 Å². The number of carbonyl (C=O) groups excluding carboxylic acids is 3. The highest BCUT2D eigenvalue weighted by Crippen LogP contribution is 2.52. The molecule has 35 heavy (non-hydrogen) atoms. The first-order valence-electron chi connectivity index (χ1n) is 10.7. The Morgan fingerprint density at radius 2 is 1.97 bits per heavy atom. The summed E-state index contributed by atoms with van der Waals surface area (Å²) in [6, 6.07) is 3.17. The molecule has 2 aromatic rings. The van der Waals surface area contributed by atoms with E-state index in [2.05, 4.69) is 21.1 Å². The van der Waals surface area contributed by atoms with Crippen molar-refractivity contribution in [1.82, 2.24) is 20.0 Å². The van der Waals surface area contributed by atoms with Crippen LogP contribution in [0.3, 0.4) is 0 Å². The average molecular weight is 489 g/mol. The van der Waals surface area contributed by atoms with Gasteiger partial charge in [-0.15, -0.1) is 19.6 Å². The molecule has 0 radical (unpaired) electrons. The molecule has 1 aliphatic carbocycles. The van der Waals surface area contributed by atoms with Crippen molar-refractivity contribution in [3.05, 3.63) is 47.3 Å². The maximum Gasteiger partial charge on any atom is 0.573 e. The van der Waals surface area contributed by atoms with Gasteiger partial charge in [-0.2, -0.15) is 5.10 Å². The molecule has 4 rings (SSSR count). The maximum atomic E-state index is 13.8. The number of nitrogens with two attached hydrogens (primary N) is 1. The molecule has 2 aliphatic rings. The first-order valence-corrected chi connectivity index (χ1v) is 10.7. The SMILES string of the molecule is C#C[C@H](CC(N)=O)NC(=O)C1c2cnn(C)c2CN1C(=O)C1(c2ccc(OC(F)(F)F)cc2)CC1. The van der Waals surface area contributed by atoms with Crippen molar-refractivity contribution in [3.63, 3.8) is 0 Å². The fraction of sp³-hybridized carbons (Fsp3) is 0.391. The number of fused-ring (bicyclic) bond motifs is 1. The molecule has 12 heteroatoms. The van der Waals surface area contributed by atoms with Crippen LogP contribution >= 0.6 is 0 Å². The molecule has 0 spiro atoms. The molecule has 2 atom stereocenters. The number of hydrogen-bond donors (Lipinski definition) is 2. The van der Waals surface area contributed by atoms with E-state index in [0.717, 1.165) is 12.1 Å². The predicted molar refractivity (Wildman–Crippen MR) is 115 cm³/mol. The van der Waals surface area contributed by atoms with Gasteiger partial charge in [0, 0.05) is 12.6 Å². The van der Waals surface area contributed by atoms with Crippen LogP contribution in [-0.4, -0.2) is 44.8 Å². The predicted octanol–water partition coefficient (Wildman–Crippen LogP) is 1.43. The number of benzene rings is 1. The number of hydrogen-bond acceptors (Lipinski definition) is 5. The van der Waals surface area contributed by atoms with E-state index in [1.165, 1.54) is 23.2 Å². The smallest absolute Gasteiger partial charge is 0.406 e. The van der Waals surface area contributed by atoms with Gasteiger partial charge in [-0.1, -0.05) is 18.1 Å². The van der Waals surface area contributed by atoms with Crippen LogP contribution in [0.5, 0.6) is 5.75 Å². The Kier molecular flexibility index (Phi) is 5.96. The molecular weight excluding hydrogens is 467 g/mol. The molecule has 1 aromatic carbocycles. The van der Waals surface area contributed by atoms with Gasteiger partial charge >= 0.3 is 6.36 Å². The van der Waals surface area contributed by atoms with Crippen molar-refractivity contribution in [3.8, 4) is 18.1 Å². The van der Waals surface area contributed by atoms with Crippen molar-refractivity contribution in [2.45, 2.75) is 49.7 Å². The largest absolute Gasteiger partial charge is 0.573 e. The highest BCUT2D eigenvalue weighted by atomic mass is 19.4. The molecule has 3 amide bonds. The van der Waals surface area contributed by atoms with Gasteiger partial charge in [-0.3, -0.25) is 19.1 Å². The lowest BCUT2D eigenvalue weighted by atomic mass is 9.93. The number of aryl methyl sites for hydroxylation is 1. The van der Waals surface area contributed by atoms with Crippen LogP contribution in [0.15, 0.2) is 30.5 Å². The third-order valence-electron chi connectivity index (χ3n) is 6.25. The lowest BCUT2D eigenvalue weighted by molar-refractivity contribution is -0.274. The second kappa shape index (κ2) is 8.65. The average Bonchev–Trinajstić information content (AvgIpc) is 3.38. The molecule has 1 saturated carbocycles. The number of rotatable bonds is 7. The van der Waals surface area contributed by atoms with Gasteiger partial charge in [-0.25, -0.2) is 0 Å². The Morgan fingerprint density at radius 3 is 2.51 bits per heavy atom. The Balaban J connectivity index is 1.60. The van der Waals surface area contributed by atoms with Crippen LogP contribution in [0, 0.1) is 12.3 Å². The van der Waals surface area contributed by atoms with Gasteiger partial charge in [0.1, 0.15) is 11.8 Å². The number of terminal acetylenes is 1. The van der Waals surface area contributed by atoms with E-state index in [1.807, 2.05) is 0 Å². The summed E-state index contributed by atoms with van der Waals surface area (Å²) in [5.74, 6) is 0.293. The summed E-state index contributed by atoms with van der Waals surface area (Å²) in [5.41, 5.74) is 5.94. The van der Waals surface area contributed by atoms with Gasteiger partial charge in [0.05, 0.1) is 36.3 Å². The van der Waals surface area contributed by atoms with Crippen LogP contribution in [0.2, 0.25) is 0 Å². The zero-order valence-corrected chi connectivity index (χ0v) is 18.6. The summed E-state index contributed by atoms with van der Waals surface area (Å²) in [6.07, 6.45) is 2.77. The van der Waals surface area contributed by atoms with Crippen LogP contribution in [0.25, 0.3) is 0 Å². The van der Waals surface area contributed by atoms with Crippen molar-refractivity contribution >= 4 is 17.7 Å². The number of halogens is 3. The van der Waals surface area contributed by atoms with E-state index >= 15 is 0 Å². The summed E-state index contributed by atoms with van der Waals surface area (Å²) in [6.45, 7) is 0.107. The van der Waals surface area contributed by atoms with Gasteiger partial charge in [0.15, 0.2) is 0 Å². The molecular formula is C23H22F3N5O4. The van der Waals surface area contributed by atoms with E-state index < -0.39 is 41.4 Å². The van der Waals surface area contributed by atoms with Crippen molar-refractivity contribution < 1.29 is 32.3 Å². The van der Waals surface area contributed by atoms with Gasteiger partial charge < -0.3 is 20.7 Å². The Bertz CT molecular complexity index is 1210. The van der Waals surface area contributed by atoms with Crippen molar-refractivity contribution in [2.75, 3.05) is 0 Å². The number of primary amides is 1. The normalized spacial score (nSPS) is 18.8. The molecule has 1 fully saturated rings. The molecule has 2 heterocycles. The monoisotopic (exact) mass is 489 g/mol. The summed E-state index contributed by atoms with van der Waals surface area (Å²) < 4.78 is 42.9. The number of carbonyl (C=O) groups is 3. The highest BCUT2D eigenvalue weighted by molar-refractivity contribution is 5.97. The van der Waals surface area contributed by atoms with Crippen molar-refractivity contribution in [1.29, 1.82) is 0 Å². The van der Waals surface area contributed by atoms with E-state index in [9.17, 15) is 27.6 Å². The second-order valence-corrected chi connectivity index (χ2v) is 8.56. The molecule has 1 aromatic heterocycles. The molecule has 0 bridgehead atoms. The molecule has 184 valence electrons. The number of alkyl halides is 3. The van der Waals surface area contributed by atoms with E-state index in [0.29, 0.717) is 29.7 Å². The summed E-state index contributed by atoms with van der Waals surface area (Å²) >= 11 is 0. The minimum Gasteiger partial charge on any atom is -0.406 e. The molecule has 1 unspecified atom stereocenters. The van der Waals surface area contributed by atoms with Gasteiger partial charge in [0.2, 0.25) is 17.7 Å². The summed E-state index contributed by atoms with van der Waals surface area (Å²) in [4.78, 5) is 39.7. The number of nitrogens with one attached hydrogen (secondary N) is 1. The fourth-order valence-corrected chi connectivity index (χ4v) is 4.40. The molecule has 1 aliphatic heterocycles. The lowest BCUT2D eigenvalue weighted by Gasteiger charge is -2.29. The first-order chi connectivity index (χ1) is 16.4. The molecule has 3 N–H and O–H groups in total. The number of amides is 3. The van der Waals surface area contributed by atoms with Crippen LogP contribution in [-0.2, 0) is 33.4 Å². The van der Waals surface area contributed by atoms with Gasteiger partial charge in [-0.05, 0) is 30.5 Å². The fourth-order valence-electron chi connectivity index (χ4n) is 4.40. The molecule has 9 nitrogen and oxygen atoms in total. The van der Waals surface area contributed by atoms with E-state index in [1.54, 1.807) is 11.7 Å². The second-order valence-electron chi connectivity index (χ2n) is 8.56. The topological polar surface area (TPSA) is 120 Å². The van der Waals surface area contributed by atoms with Crippen LogP contribution in [0.4, 0.5) is 13.2 Å². The third-order valence-corrected chi connectivity index (χ3v) is 6.25. The van der Waals surface area contributed by atoms with Crippen LogP contribution in [0.1, 0.15) is 42.1 Å². The minimum absolute atomic E-state index is 0.107. The number of nitrogens with zero attached hydrogens (tertiary/aromatic N) is 3. The zero-order chi connectivity index (χ0) is 25.5. The quantitative estimate of drug-likeness (QED) is 0.571. The standard InChI is InChI=1S/C23H22F3N5O4/c1-3-14(10-18(27)32)29-20(33)19-16-11-28-30(2)17(16)12-31(19)21(34)22(8-9-22)13-4-6-15(7-5-13)35-23(24,25)26/h1,4-7,11,14,19H,8-10,12H2,2H3,(H2,27,32)(H,29,33)/t14-,19?/m1/s1. The summed E-state index contributed by atoms with van der Waals surface area (Å²) in [5, 5.41) is 6.75. The minimum atomic E-state index is -4.82. The third kappa shape index (κ3) is 4.66. The van der Waals surface area contributed by atoms with Gasteiger partial charge in [0.25, 0.3) is 0 Å². The number of aromatic nitrogens is 2. The first kappa shape index (κ1) is 24.1. The van der Waals surface area contributed by atoms with Crippen LogP contribution < -0.4 is 15.8 Å². The van der Waals surface area contributed by atoms with Crippen molar-refractivity contribution in [2.24, 2.45) is 12.8 Å². The Labute approximate surface area is 198 Å². The maximum absolute atomic E-state index is 13.8. The lowest BCUT2D eigenvalue weighted by Crippen LogP contribution is -2.47. The highest BCUT2D eigenvalue weighted by Gasteiger charge is 2.56. The number of ether oxygens (including phenoxy) is 1. The Hall–Kier alpha value is -4.01. The summed E-state index contributed by atoms with van der Waals surface area (Å²) in [7, 11) is 1.69.